The summed E-state index contributed by atoms with van der Waals surface area (Å²) in [7, 11) is 1.65. The summed E-state index contributed by atoms with van der Waals surface area (Å²) in [6.07, 6.45) is 5.93. The average Bonchev–Trinajstić information content (AvgIpc) is 3.75. The van der Waals surface area contributed by atoms with Gasteiger partial charge in [-0.15, -0.1) is 5.10 Å². The van der Waals surface area contributed by atoms with Crippen molar-refractivity contribution in [2.24, 2.45) is 0 Å². The van der Waals surface area contributed by atoms with E-state index < -0.39 is 11.8 Å². The number of nitrogens with one attached hydrogen (secondary N) is 2. The van der Waals surface area contributed by atoms with Gasteiger partial charge < -0.3 is 15.4 Å². The highest BCUT2D eigenvalue weighted by molar-refractivity contribution is 6.35. The van der Waals surface area contributed by atoms with Gasteiger partial charge in [-0.25, -0.2) is 9.07 Å². The van der Waals surface area contributed by atoms with Gasteiger partial charge in [0.05, 0.1) is 47.5 Å². The zero-order valence-electron chi connectivity index (χ0n) is 23.9. The van der Waals surface area contributed by atoms with Crippen LogP contribution in [-0.2, 0) is 4.74 Å². The lowest BCUT2D eigenvalue weighted by Crippen LogP contribution is -2.15. The van der Waals surface area contributed by atoms with E-state index in [1.165, 1.54) is 18.3 Å². The molecule has 1 fully saturated rings. The number of aromatic nitrogens is 4. The fraction of sp³-hybridized carbons (Fsp3) is 0.250. The Kier molecular flexibility index (Phi) is 7.63. The number of methoxy groups -OCH3 is 1. The summed E-state index contributed by atoms with van der Waals surface area (Å²) in [5, 5.41) is 26.4. The summed E-state index contributed by atoms with van der Waals surface area (Å²) in [6.45, 7) is 0.506. The first-order valence-electron chi connectivity index (χ1n) is 14.2. The first kappa shape index (κ1) is 26.4. The van der Waals surface area contributed by atoms with Crippen LogP contribution in [0.4, 0.5) is 15.8 Å². The predicted octanol–water partition coefficient (Wildman–Crippen LogP) is 7.22. The number of rotatable bonds is 11. The molecule has 2 heterocycles. The molecule has 0 bridgehead atoms. The van der Waals surface area contributed by atoms with Crippen molar-refractivity contribution in [3.05, 3.63) is 112 Å². The van der Waals surface area contributed by atoms with Crippen molar-refractivity contribution in [2.75, 3.05) is 24.4 Å². The standard InChI is InChI=1S/C32H29ClFN7O/c1-42-14-13-28(20-5-3-2-4-6-20)38-30-22(17-35)18-36-32-26(30)15-24(16-27(32)33)37-31(21-7-9-23(34)10-8-21)29-19-41(40-39-29)25-11-12-25/h2-10,15-16,18-19,25,28,31,37H,11-14H2,1H3,(H,36,38)/t28-,31?/m1/s1/i31D. The average molecular weight is 583 g/mol. The molecule has 2 aromatic heterocycles. The van der Waals surface area contributed by atoms with Crippen LogP contribution in [0, 0.1) is 17.1 Å². The molecule has 0 radical (unpaired) electrons. The number of nitriles is 1. The van der Waals surface area contributed by atoms with E-state index in [4.69, 9.17) is 16.3 Å². The number of hydrogen-bond donors (Lipinski definition) is 2. The van der Waals surface area contributed by atoms with E-state index in [9.17, 15) is 11.0 Å². The second kappa shape index (κ2) is 12.1. The fourth-order valence-corrected chi connectivity index (χ4v) is 5.21. The maximum atomic E-state index is 13.9. The van der Waals surface area contributed by atoms with Gasteiger partial charge in [0.15, 0.2) is 0 Å². The normalized spacial score (nSPS) is 15.4. The Morgan fingerprint density at radius 1 is 1.14 bits per heavy atom. The third-order valence-electron chi connectivity index (χ3n) is 7.27. The SMILES string of the molecule is [2H]C(Nc1cc(Cl)c2ncc(C#N)c(N[C@H](CCOC)c3ccccc3)c2c1)(c1ccc(F)cc1)c1cn(C2CC2)nn1. The van der Waals surface area contributed by atoms with Crippen molar-refractivity contribution in [1.82, 2.24) is 20.0 Å². The molecule has 2 N–H and O–H groups in total. The van der Waals surface area contributed by atoms with E-state index in [2.05, 4.69) is 32.0 Å². The number of nitrogens with zero attached hydrogens (tertiary/aromatic N) is 5. The second-order valence-electron chi connectivity index (χ2n) is 10.2. The van der Waals surface area contributed by atoms with Crippen LogP contribution in [0.1, 0.15) is 61.1 Å². The smallest absolute Gasteiger partial charge is 0.123 e. The van der Waals surface area contributed by atoms with Crippen molar-refractivity contribution >= 4 is 33.9 Å². The van der Waals surface area contributed by atoms with Crippen LogP contribution in [0.25, 0.3) is 10.9 Å². The van der Waals surface area contributed by atoms with E-state index >= 15 is 0 Å². The largest absolute Gasteiger partial charge is 0.385 e. The molecule has 5 aromatic rings. The minimum absolute atomic E-state index is 0.166. The summed E-state index contributed by atoms with van der Waals surface area (Å²) in [5.74, 6) is -0.409. The van der Waals surface area contributed by atoms with Gasteiger partial charge in [-0.1, -0.05) is 59.3 Å². The van der Waals surface area contributed by atoms with E-state index in [1.807, 2.05) is 36.4 Å². The highest BCUT2D eigenvalue weighted by atomic mass is 35.5. The molecule has 0 aliphatic heterocycles. The molecule has 1 aliphatic carbocycles. The van der Waals surface area contributed by atoms with Crippen molar-refractivity contribution in [2.45, 2.75) is 37.4 Å². The third kappa shape index (κ3) is 5.91. The minimum atomic E-state index is -1.63. The highest BCUT2D eigenvalue weighted by Gasteiger charge is 2.27. The van der Waals surface area contributed by atoms with Gasteiger partial charge in [-0.2, -0.15) is 5.26 Å². The van der Waals surface area contributed by atoms with Gasteiger partial charge in [0, 0.05) is 31.0 Å². The van der Waals surface area contributed by atoms with E-state index in [-0.39, 0.29) is 12.1 Å². The Morgan fingerprint density at radius 3 is 2.64 bits per heavy atom. The summed E-state index contributed by atoms with van der Waals surface area (Å²) >= 11 is 6.79. The van der Waals surface area contributed by atoms with Crippen molar-refractivity contribution in [3.63, 3.8) is 0 Å². The van der Waals surface area contributed by atoms with Gasteiger partial charge in [0.1, 0.15) is 17.6 Å². The van der Waals surface area contributed by atoms with E-state index in [0.717, 1.165) is 18.4 Å². The lowest BCUT2D eigenvalue weighted by molar-refractivity contribution is 0.190. The van der Waals surface area contributed by atoms with Crippen LogP contribution < -0.4 is 10.6 Å². The third-order valence-corrected chi connectivity index (χ3v) is 7.55. The topological polar surface area (TPSA) is 101 Å². The van der Waals surface area contributed by atoms with Crippen molar-refractivity contribution < 1.29 is 10.5 Å². The molecular formula is C32H29ClFN7O. The molecule has 8 nitrogen and oxygen atoms in total. The lowest BCUT2D eigenvalue weighted by Gasteiger charge is -2.23. The quantitative estimate of drug-likeness (QED) is 0.170. The van der Waals surface area contributed by atoms with Crippen LogP contribution in [-0.4, -0.2) is 33.7 Å². The Labute approximate surface area is 249 Å². The van der Waals surface area contributed by atoms with Crippen LogP contribution in [0.5, 0.6) is 0 Å². The molecular weight excluding hydrogens is 553 g/mol. The molecule has 2 atom stereocenters. The number of ether oxygens (including phenoxy) is 1. The van der Waals surface area contributed by atoms with Crippen molar-refractivity contribution in [3.8, 4) is 6.07 Å². The van der Waals surface area contributed by atoms with Crippen molar-refractivity contribution in [1.29, 1.82) is 5.26 Å². The highest BCUT2D eigenvalue weighted by Crippen LogP contribution is 2.38. The molecule has 0 amide bonds. The van der Waals surface area contributed by atoms with Gasteiger partial charge in [-0.3, -0.25) is 4.98 Å². The molecule has 3 aromatic carbocycles. The van der Waals surface area contributed by atoms with Crippen LogP contribution in [0.3, 0.4) is 0 Å². The monoisotopic (exact) mass is 582 g/mol. The number of hydrogen-bond acceptors (Lipinski definition) is 7. The second-order valence-corrected chi connectivity index (χ2v) is 10.6. The number of anilines is 2. The lowest BCUT2D eigenvalue weighted by atomic mass is 10.0. The van der Waals surface area contributed by atoms with E-state index in [1.54, 1.807) is 36.2 Å². The number of benzene rings is 3. The fourth-order valence-electron chi connectivity index (χ4n) is 4.94. The summed E-state index contributed by atoms with van der Waals surface area (Å²) in [5.41, 5.74) is 3.78. The summed E-state index contributed by atoms with van der Waals surface area (Å²) < 4.78 is 30.6. The maximum absolute atomic E-state index is 13.9. The van der Waals surface area contributed by atoms with Gasteiger partial charge >= 0.3 is 0 Å². The number of pyridine rings is 1. The van der Waals surface area contributed by atoms with Crippen LogP contribution >= 0.6 is 11.6 Å². The molecule has 212 valence electrons. The predicted molar refractivity (Wildman–Crippen MR) is 161 cm³/mol. The Morgan fingerprint density at radius 2 is 1.93 bits per heavy atom. The zero-order chi connectivity index (χ0) is 30.0. The Balaban J connectivity index is 1.45. The first-order chi connectivity index (χ1) is 20.9. The molecule has 1 aliphatic rings. The minimum Gasteiger partial charge on any atom is -0.385 e. The van der Waals surface area contributed by atoms with Gasteiger partial charge in [-0.05, 0) is 54.7 Å². The van der Waals surface area contributed by atoms with Crippen LogP contribution in [0.2, 0.25) is 5.02 Å². The summed E-state index contributed by atoms with van der Waals surface area (Å²) in [6, 6.07) is 19.9. The number of fused-ring (bicyclic) bond motifs is 1. The molecule has 42 heavy (non-hydrogen) atoms. The van der Waals surface area contributed by atoms with E-state index in [0.29, 0.717) is 57.1 Å². The Hall–Kier alpha value is -4.52. The molecule has 0 saturated heterocycles. The number of halogens is 2. The molecule has 0 spiro atoms. The van der Waals surface area contributed by atoms with Gasteiger partial charge in [0.25, 0.3) is 0 Å². The summed E-state index contributed by atoms with van der Waals surface area (Å²) in [4.78, 5) is 4.49. The Bertz CT molecular complexity index is 1790. The van der Waals surface area contributed by atoms with Crippen LogP contribution in [0.15, 0.2) is 79.1 Å². The van der Waals surface area contributed by atoms with Gasteiger partial charge in [0.2, 0.25) is 0 Å². The molecule has 10 heteroatoms. The molecule has 1 saturated carbocycles. The molecule has 6 rings (SSSR count). The first-order valence-corrected chi connectivity index (χ1v) is 14.1. The molecule has 1 unspecified atom stereocenters. The zero-order valence-corrected chi connectivity index (χ0v) is 23.6. The maximum Gasteiger partial charge on any atom is 0.123 e.